The SMILES string of the molecule is N#CC(C#N)=C1C(c2ccccc2)=C(c2ccc(N(c3ccccc3)c3ccccc3)cc2)C(c2ccc(N(c3ccccc3)c3ccccc3)cc2)=C1c1ccccc1. The van der Waals surface area contributed by atoms with Gasteiger partial charge >= 0.3 is 0 Å². The van der Waals surface area contributed by atoms with Gasteiger partial charge in [0, 0.05) is 50.8 Å². The van der Waals surface area contributed by atoms with Crippen molar-refractivity contribution in [1.82, 2.24) is 0 Å². The summed E-state index contributed by atoms with van der Waals surface area (Å²) >= 11 is 0. The monoisotopic (exact) mass is 766 g/mol. The van der Waals surface area contributed by atoms with E-state index in [-0.39, 0.29) is 5.57 Å². The Morgan fingerprint density at radius 2 is 0.500 bits per heavy atom. The number of nitriles is 2. The second kappa shape index (κ2) is 17.0. The Bertz CT molecular complexity index is 2640. The summed E-state index contributed by atoms with van der Waals surface area (Å²) in [7, 11) is 0. The van der Waals surface area contributed by atoms with Crippen molar-refractivity contribution < 1.29 is 0 Å². The van der Waals surface area contributed by atoms with E-state index in [1.54, 1.807) is 0 Å². The minimum Gasteiger partial charge on any atom is -0.311 e. The van der Waals surface area contributed by atoms with Crippen LogP contribution in [-0.4, -0.2) is 0 Å². The predicted octanol–water partition coefficient (Wildman–Crippen LogP) is 14.5. The molecule has 0 atom stereocenters. The molecule has 1 aliphatic rings. The second-order valence-corrected chi connectivity index (χ2v) is 14.3. The van der Waals surface area contributed by atoms with E-state index in [0.29, 0.717) is 5.57 Å². The molecule has 0 saturated heterocycles. The van der Waals surface area contributed by atoms with Crippen LogP contribution in [0, 0.1) is 22.7 Å². The molecule has 0 aliphatic heterocycles. The largest absolute Gasteiger partial charge is 0.311 e. The molecule has 0 saturated carbocycles. The van der Waals surface area contributed by atoms with E-state index in [2.05, 4.69) is 192 Å². The average Bonchev–Trinajstić information content (AvgIpc) is 3.68. The maximum absolute atomic E-state index is 10.7. The Morgan fingerprint density at radius 1 is 0.267 bits per heavy atom. The van der Waals surface area contributed by atoms with Gasteiger partial charge < -0.3 is 9.80 Å². The highest BCUT2D eigenvalue weighted by atomic mass is 15.1. The van der Waals surface area contributed by atoms with Crippen molar-refractivity contribution in [3.05, 3.63) is 264 Å². The van der Waals surface area contributed by atoms with Crippen LogP contribution in [-0.2, 0) is 0 Å². The van der Waals surface area contributed by atoms with E-state index in [1.807, 2.05) is 60.7 Å². The highest BCUT2D eigenvalue weighted by molar-refractivity contribution is 6.35. The minimum atomic E-state index is 0.0621. The normalized spacial score (nSPS) is 12.1. The van der Waals surface area contributed by atoms with Crippen LogP contribution in [0.3, 0.4) is 0 Å². The summed E-state index contributed by atoms with van der Waals surface area (Å²) in [6.07, 6.45) is 0. The van der Waals surface area contributed by atoms with Crippen molar-refractivity contribution in [1.29, 1.82) is 10.5 Å². The van der Waals surface area contributed by atoms with Gasteiger partial charge in [-0.3, -0.25) is 0 Å². The molecule has 0 N–H and O–H groups in total. The zero-order valence-electron chi connectivity index (χ0n) is 32.7. The molecule has 4 nitrogen and oxygen atoms in total. The van der Waals surface area contributed by atoms with Gasteiger partial charge in [-0.25, -0.2) is 0 Å². The third-order valence-electron chi connectivity index (χ3n) is 10.7. The van der Waals surface area contributed by atoms with Gasteiger partial charge in [-0.15, -0.1) is 0 Å². The van der Waals surface area contributed by atoms with Crippen LogP contribution in [0.1, 0.15) is 22.3 Å². The highest BCUT2D eigenvalue weighted by Gasteiger charge is 2.35. The predicted molar refractivity (Wildman–Crippen MR) is 247 cm³/mol. The summed E-state index contributed by atoms with van der Waals surface area (Å²) in [6.45, 7) is 0. The van der Waals surface area contributed by atoms with Crippen LogP contribution in [0.4, 0.5) is 34.1 Å². The first-order valence-electron chi connectivity index (χ1n) is 19.9. The molecule has 0 amide bonds. The first-order valence-corrected chi connectivity index (χ1v) is 19.9. The van der Waals surface area contributed by atoms with Gasteiger partial charge in [-0.2, -0.15) is 10.5 Å². The molecular formula is C56H38N4. The molecule has 9 rings (SSSR count). The first-order chi connectivity index (χ1) is 29.7. The number of hydrogen-bond acceptors (Lipinski definition) is 4. The van der Waals surface area contributed by atoms with Gasteiger partial charge in [0.25, 0.3) is 0 Å². The molecule has 4 heteroatoms. The maximum Gasteiger partial charge on any atom is 0.138 e. The lowest BCUT2D eigenvalue weighted by Gasteiger charge is -2.26. The van der Waals surface area contributed by atoms with Crippen LogP contribution < -0.4 is 9.80 Å². The van der Waals surface area contributed by atoms with Crippen molar-refractivity contribution in [2.24, 2.45) is 0 Å². The molecular weight excluding hydrogens is 729 g/mol. The second-order valence-electron chi connectivity index (χ2n) is 14.3. The summed E-state index contributed by atoms with van der Waals surface area (Å²) < 4.78 is 0. The van der Waals surface area contributed by atoms with E-state index in [9.17, 15) is 10.5 Å². The number of nitrogens with zero attached hydrogens (tertiary/aromatic N) is 4. The van der Waals surface area contributed by atoms with Gasteiger partial charge in [-0.1, -0.05) is 158 Å². The fourth-order valence-electron chi connectivity index (χ4n) is 8.13. The number of benzene rings is 8. The molecule has 0 fully saturated rings. The molecule has 0 heterocycles. The topological polar surface area (TPSA) is 54.1 Å². The van der Waals surface area contributed by atoms with Crippen molar-refractivity contribution in [3.8, 4) is 12.1 Å². The Kier molecular flexibility index (Phi) is 10.5. The average molecular weight is 767 g/mol. The van der Waals surface area contributed by atoms with Crippen LogP contribution in [0.5, 0.6) is 0 Å². The maximum atomic E-state index is 10.7. The summed E-state index contributed by atoms with van der Waals surface area (Å²) in [5, 5.41) is 21.3. The number of anilines is 6. The van der Waals surface area contributed by atoms with E-state index in [4.69, 9.17) is 0 Å². The molecule has 8 aromatic rings. The van der Waals surface area contributed by atoms with Gasteiger partial charge in [0.2, 0.25) is 0 Å². The van der Waals surface area contributed by atoms with Crippen LogP contribution in [0.25, 0.3) is 22.3 Å². The molecule has 0 aromatic heterocycles. The number of rotatable bonds is 10. The van der Waals surface area contributed by atoms with E-state index in [1.165, 1.54) is 0 Å². The van der Waals surface area contributed by atoms with Gasteiger partial charge in [-0.05, 0) is 106 Å². The van der Waals surface area contributed by atoms with Gasteiger partial charge in [0.1, 0.15) is 17.7 Å². The van der Waals surface area contributed by atoms with E-state index < -0.39 is 0 Å². The molecule has 60 heavy (non-hydrogen) atoms. The van der Waals surface area contributed by atoms with E-state index in [0.717, 1.165) is 78.7 Å². The number of hydrogen-bond donors (Lipinski definition) is 0. The highest BCUT2D eigenvalue weighted by Crippen LogP contribution is 2.56. The van der Waals surface area contributed by atoms with Crippen molar-refractivity contribution in [2.45, 2.75) is 0 Å². The molecule has 0 radical (unpaired) electrons. The Hall–Kier alpha value is -8.44. The lowest BCUT2D eigenvalue weighted by Crippen LogP contribution is -2.09. The molecule has 8 aromatic carbocycles. The smallest absolute Gasteiger partial charge is 0.138 e. The summed E-state index contributed by atoms with van der Waals surface area (Å²) in [5.74, 6) is 0. The Balaban J connectivity index is 1.29. The van der Waals surface area contributed by atoms with Crippen molar-refractivity contribution in [2.75, 3.05) is 9.80 Å². The van der Waals surface area contributed by atoms with Crippen molar-refractivity contribution in [3.63, 3.8) is 0 Å². The Labute approximate surface area is 351 Å². The Morgan fingerprint density at radius 3 is 0.767 bits per heavy atom. The fraction of sp³-hybridized carbons (Fsp3) is 0. The lowest BCUT2D eigenvalue weighted by molar-refractivity contribution is 1.28. The molecule has 0 bridgehead atoms. The number of allylic oxidation sites excluding steroid dienone is 6. The number of para-hydroxylation sites is 4. The zero-order valence-corrected chi connectivity index (χ0v) is 32.7. The molecule has 0 spiro atoms. The fourth-order valence-corrected chi connectivity index (χ4v) is 8.13. The van der Waals surface area contributed by atoms with Crippen LogP contribution in [0.2, 0.25) is 0 Å². The van der Waals surface area contributed by atoms with Crippen LogP contribution in [0.15, 0.2) is 242 Å². The summed E-state index contributed by atoms with van der Waals surface area (Å²) in [6, 6.07) is 83.6. The third kappa shape index (κ3) is 7.18. The summed E-state index contributed by atoms with van der Waals surface area (Å²) in [5.41, 5.74) is 14.2. The summed E-state index contributed by atoms with van der Waals surface area (Å²) in [4.78, 5) is 4.49. The minimum absolute atomic E-state index is 0.0621. The first kappa shape index (κ1) is 37.2. The lowest BCUT2D eigenvalue weighted by atomic mass is 9.88. The van der Waals surface area contributed by atoms with Gasteiger partial charge in [0.15, 0.2) is 0 Å². The van der Waals surface area contributed by atoms with E-state index >= 15 is 0 Å². The van der Waals surface area contributed by atoms with Crippen LogP contribution >= 0.6 is 0 Å². The van der Waals surface area contributed by atoms with Crippen molar-refractivity contribution >= 4 is 56.4 Å². The third-order valence-corrected chi connectivity index (χ3v) is 10.7. The van der Waals surface area contributed by atoms with Gasteiger partial charge in [0.05, 0.1) is 0 Å². The molecule has 282 valence electrons. The quantitative estimate of drug-likeness (QED) is 0.130. The molecule has 0 unspecified atom stereocenters. The zero-order chi connectivity index (χ0) is 40.7. The standard InChI is InChI=1S/C56H38N4/c57-39-45(40-58)56-52(41-19-7-1-8-20-41)54(43-31-35-50(36-32-43)59(46-23-11-3-12-24-46)47-25-13-4-14-26-47)55(53(56)42-21-9-2-10-22-42)44-33-37-51(38-34-44)60(48-27-15-5-16-28-48)49-29-17-6-18-30-49/h1-38H. The molecule has 1 aliphatic carbocycles.